The second kappa shape index (κ2) is 8.47. The molecule has 2 heterocycles. The van der Waals surface area contributed by atoms with Crippen LogP contribution in [0.4, 0.5) is 5.69 Å². The number of aromatic amines is 1. The number of nitrogens with two attached hydrogens (primary N) is 1. The van der Waals surface area contributed by atoms with Crippen molar-refractivity contribution < 1.29 is 4.79 Å². The fourth-order valence-corrected chi connectivity index (χ4v) is 3.69. The predicted molar refractivity (Wildman–Crippen MR) is 120 cm³/mol. The second-order valence-corrected chi connectivity index (χ2v) is 7.58. The Bertz CT molecular complexity index is 1170. The molecule has 0 bridgehead atoms. The van der Waals surface area contributed by atoms with Gasteiger partial charge in [-0.25, -0.2) is 0 Å². The molecule has 0 aliphatic rings. The molecule has 0 radical (unpaired) electrons. The van der Waals surface area contributed by atoms with Gasteiger partial charge >= 0.3 is 0 Å². The third-order valence-corrected chi connectivity index (χ3v) is 5.26. The van der Waals surface area contributed by atoms with Crippen LogP contribution >= 0.6 is 0 Å². The maximum atomic E-state index is 12.4. The van der Waals surface area contributed by atoms with E-state index in [0.717, 1.165) is 39.0 Å². The van der Waals surface area contributed by atoms with Crippen molar-refractivity contribution in [2.24, 2.45) is 5.73 Å². The van der Waals surface area contributed by atoms with Crippen molar-refractivity contribution in [2.75, 3.05) is 11.4 Å². The van der Waals surface area contributed by atoms with Crippen molar-refractivity contribution in [1.82, 2.24) is 15.2 Å². The highest BCUT2D eigenvalue weighted by molar-refractivity contribution is 5.92. The number of hydrogen-bond donors (Lipinski definition) is 2. The van der Waals surface area contributed by atoms with Crippen LogP contribution in [-0.2, 0) is 11.2 Å². The summed E-state index contributed by atoms with van der Waals surface area (Å²) < 4.78 is 0. The molecular formula is C24H25N5O. The molecule has 3 N–H and O–H groups in total. The number of pyridine rings is 1. The number of hydrogen-bond acceptors (Lipinski definition) is 4. The number of carbonyl (C=O) groups excluding carboxylic acids is 1. The van der Waals surface area contributed by atoms with E-state index in [1.54, 1.807) is 18.0 Å². The molecule has 0 fully saturated rings. The highest BCUT2D eigenvalue weighted by Gasteiger charge is 2.17. The third-order valence-electron chi connectivity index (χ3n) is 5.26. The summed E-state index contributed by atoms with van der Waals surface area (Å²) in [5, 5.41) is 8.35. The fraction of sp³-hybridized carbons (Fsp3) is 0.208. The van der Waals surface area contributed by atoms with E-state index in [4.69, 9.17) is 5.73 Å². The molecule has 4 aromatic rings. The molecule has 2 aromatic heterocycles. The van der Waals surface area contributed by atoms with E-state index in [9.17, 15) is 4.79 Å². The molecule has 0 saturated heterocycles. The van der Waals surface area contributed by atoms with Crippen LogP contribution in [0.5, 0.6) is 0 Å². The van der Waals surface area contributed by atoms with E-state index in [1.165, 1.54) is 0 Å². The molecule has 0 saturated carbocycles. The number of H-pyrrole nitrogens is 1. The molecular weight excluding hydrogens is 374 g/mol. The topological polar surface area (TPSA) is 87.9 Å². The van der Waals surface area contributed by atoms with Crippen LogP contribution in [0.15, 0.2) is 67.0 Å². The molecule has 2 aromatic carbocycles. The summed E-state index contributed by atoms with van der Waals surface area (Å²) in [6.07, 6.45) is 4.22. The molecule has 1 atom stereocenters. The van der Waals surface area contributed by atoms with Crippen molar-refractivity contribution >= 4 is 22.5 Å². The average Bonchev–Trinajstić information content (AvgIpc) is 3.13. The minimum atomic E-state index is -0.176. The van der Waals surface area contributed by atoms with E-state index >= 15 is 0 Å². The van der Waals surface area contributed by atoms with Gasteiger partial charge in [0.1, 0.15) is 0 Å². The van der Waals surface area contributed by atoms with Gasteiger partial charge < -0.3 is 10.6 Å². The Hall–Kier alpha value is -3.51. The molecule has 0 aliphatic carbocycles. The summed E-state index contributed by atoms with van der Waals surface area (Å²) in [4.78, 5) is 18.5. The van der Waals surface area contributed by atoms with Crippen LogP contribution in [0.25, 0.3) is 22.0 Å². The van der Waals surface area contributed by atoms with E-state index in [-0.39, 0.29) is 11.9 Å². The van der Waals surface area contributed by atoms with Crippen LogP contribution < -0.4 is 10.6 Å². The van der Waals surface area contributed by atoms with Crippen LogP contribution in [0.2, 0.25) is 0 Å². The number of aromatic nitrogens is 3. The Morgan fingerprint density at radius 2 is 1.90 bits per heavy atom. The Kier molecular flexibility index (Phi) is 5.59. The van der Waals surface area contributed by atoms with Crippen molar-refractivity contribution in [3.63, 3.8) is 0 Å². The Morgan fingerprint density at radius 1 is 1.10 bits per heavy atom. The lowest BCUT2D eigenvalue weighted by molar-refractivity contribution is -0.116. The van der Waals surface area contributed by atoms with Crippen LogP contribution in [0, 0.1) is 6.92 Å². The molecule has 0 spiro atoms. The summed E-state index contributed by atoms with van der Waals surface area (Å²) in [6.45, 7) is 3.96. The average molecular weight is 399 g/mol. The van der Waals surface area contributed by atoms with Crippen molar-refractivity contribution in [1.29, 1.82) is 0 Å². The SMILES string of the molecule is CC(=O)N(CC(N)Cc1ccccc1)c1cncc(-c2ccc3[nH]nc(C)c3c2)c1. The van der Waals surface area contributed by atoms with Gasteiger partial charge in [0, 0.05) is 36.7 Å². The second-order valence-electron chi connectivity index (χ2n) is 7.58. The Balaban J connectivity index is 1.59. The van der Waals surface area contributed by atoms with Crippen LogP contribution in [-0.4, -0.2) is 33.7 Å². The van der Waals surface area contributed by atoms with Crippen LogP contribution in [0.3, 0.4) is 0 Å². The third kappa shape index (κ3) is 4.23. The Labute approximate surface area is 175 Å². The highest BCUT2D eigenvalue weighted by Crippen LogP contribution is 2.27. The number of benzene rings is 2. The largest absolute Gasteiger partial charge is 0.326 e. The predicted octanol–water partition coefficient (Wildman–Crippen LogP) is 3.86. The van der Waals surface area contributed by atoms with E-state index in [2.05, 4.69) is 21.2 Å². The normalized spacial score (nSPS) is 12.1. The number of nitrogens with zero attached hydrogens (tertiary/aromatic N) is 3. The fourth-order valence-electron chi connectivity index (χ4n) is 3.69. The summed E-state index contributed by atoms with van der Waals surface area (Å²) in [5.74, 6) is -0.0569. The monoisotopic (exact) mass is 399 g/mol. The number of amides is 1. The lowest BCUT2D eigenvalue weighted by Crippen LogP contribution is -2.41. The number of fused-ring (bicyclic) bond motifs is 1. The summed E-state index contributed by atoms with van der Waals surface area (Å²) in [5.41, 5.74) is 12.2. The maximum Gasteiger partial charge on any atom is 0.223 e. The first-order valence-corrected chi connectivity index (χ1v) is 9.99. The zero-order valence-corrected chi connectivity index (χ0v) is 17.2. The number of aryl methyl sites for hydroxylation is 1. The zero-order valence-electron chi connectivity index (χ0n) is 17.2. The van der Waals surface area contributed by atoms with E-state index in [0.29, 0.717) is 13.0 Å². The van der Waals surface area contributed by atoms with Crippen molar-refractivity contribution in [3.8, 4) is 11.1 Å². The molecule has 0 aliphatic heterocycles. The molecule has 6 heteroatoms. The molecule has 1 unspecified atom stereocenters. The number of anilines is 1. The van der Waals surface area contributed by atoms with Gasteiger partial charge in [0.15, 0.2) is 0 Å². The molecule has 152 valence electrons. The molecule has 30 heavy (non-hydrogen) atoms. The smallest absolute Gasteiger partial charge is 0.223 e. The van der Waals surface area contributed by atoms with Crippen molar-refractivity contribution in [2.45, 2.75) is 26.3 Å². The lowest BCUT2D eigenvalue weighted by atomic mass is 10.0. The molecule has 6 nitrogen and oxygen atoms in total. The standard InChI is InChI=1S/C24H25N5O/c1-16-23-12-19(8-9-24(23)28-27-16)20-11-22(14-26-13-20)29(17(2)30)15-21(25)10-18-6-4-3-5-7-18/h3-9,11-14,21H,10,15,25H2,1-2H3,(H,27,28). The van der Waals surface area contributed by atoms with E-state index in [1.807, 2.05) is 61.7 Å². The molecule has 4 rings (SSSR count). The van der Waals surface area contributed by atoms with Gasteiger partial charge in [-0.15, -0.1) is 0 Å². The molecule has 1 amide bonds. The van der Waals surface area contributed by atoms with Gasteiger partial charge in [-0.2, -0.15) is 5.10 Å². The number of rotatable bonds is 6. The Morgan fingerprint density at radius 3 is 2.67 bits per heavy atom. The van der Waals surface area contributed by atoms with Crippen molar-refractivity contribution in [3.05, 3.63) is 78.2 Å². The van der Waals surface area contributed by atoms with Gasteiger partial charge in [-0.05, 0) is 42.7 Å². The summed E-state index contributed by atoms with van der Waals surface area (Å²) in [7, 11) is 0. The lowest BCUT2D eigenvalue weighted by Gasteiger charge is -2.25. The van der Waals surface area contributed by atoms with Gasteiger partial charge in [-0.3, -0.25) is 14.9 Å². The quantitative estimate of drug-likeness (QED) is 0.515. The van der Waals surface area contributed by atoms with Gasteiger partial charge in [0.25, 0.3) is 0 Å². The first-order chi connectivity index (χ1) is 14.5. The minimum absolute atomic E-state index is 0.0569. The van der Waals surface area contributed by atoms with E-state index < -0.39 is 0 Å². The summed E-state index contributed by atoms with van der Waals surface area (Å²) in [6, 6.07) is 18.0. The first kappa shape index (κ1) is 19.8. The minimum Gasteiger partial charge on any atom is -0.326 e. The van der Waals surface area contributed by atoms with Crippen LogP contribution in [0.1, 0.15) is 18.2 Å². The van der Waals surface area contributed by atoms with Gasteiger partial charge in [0.05, 0.1) is 23.1 Å². The number of nitrogens with one attached hydrogen (secondary N) is 1. The summed E-state index contributed by atoms with van der Waals surface area (Å²) >= 11 is 0. The highest BCUT2D eigenvalue weighted by atomic mass is 16.2. The number of carbonyl (C=O) groups is 1. The van der Waals surface area contributed by atoms with Gasteiger partial charge in [-0.1, -0.05) is 36.4 Å². The maximum absolute atomic E-state index is 12.4. The first-order valence-electron chi connectivity index (χ1n) is 9.99. The zero-order chi connectivity index (χ0) is 21.1. The van der Waals surface area contributed by atoms with Gasteiger partial charge in [0.2, 0.25) is 5.91 Å².